The van der Waals surface area contributed by atoms with Crippen LogP contribution in [0.1, 0.15) is 12.7 Å². The van der Waals surface area contributed by atoms with E-state index in [-0.39, 0.29) is 23.8 Å². The lowest BCUT2D eigenvalue weighted by molar-refractivity contribution is -0.120. The van der Waals surface area contributed by atoms with Crippen LogP contribution in [0.25, 0.3) is 16.6 Å². The topological polar surface area (TPSA) is 86.4 Å². The first-order chi connectivity index (χ1) is 15.9. The molecule has 0 aliphatic rings. The second-order valence-corrected chi connectivity index (χ2v) is 8.29. The number of furan rings is 1. The number of hydrogen-bond acceptors (Lipinski definition) is 6. The average Bonchev–Trinajstić information content (AvgIpc) is 3.32. The number of carbonyl (C=O) groups excluding carboxylic acids is 1. The standard InChI is InChI=1S/C23H19F2N3O4S/c1-14(20(29)26-13-17-5-4-12-31-17)33-23-27-19-7-3-2-6-18(19)21(30)28(23)15-8-10-16(11-9-15)32-22(24)25/h2-12,14,22H,13H2,1H3,(H,26,29). The van der Waals surface area contributed by atoms with E-state index in [1.807, 2.05) is 0 Å². The lowest BCUT2D eigenvalue weighted by Gasteiger charge is -2.16. The van der Waals surface area contributed by atoms with E-state index in [4.69, 9.17) is 4.42 Å². The molecule has 10 heteroatoms. The van der Waals surface area contributed by atoms with Gasteiger partial charge in [0.2, 0.25) is 5.91 Å². The molecule has 7 nitrogen and oxygen atoms in total. The molecule has 0 fully saturated rings. The van der Waals surface area contributed by atoms with Crippen LogP contribution < -0.4 is 15.6 Å². The van der Waals surface area contributed by atoms with E-state index in [2.05, 4.69) is 15.0 Å². The first kappa shape index (κ1) is 22.5. The number of benzene rings is 2. The number of carbonyl (C=O) groups is 1. The van der Waals surface area contributed by atoms with Gasteiger partial charge in [0.05, 0.1) is 34.6 Å². The van der Waals surface area contributed by atoms with Gasteiger partial charge in [0.1, 0.15) is 11.5 Å². The van der Waals surface area contributed by atoms with Crippen molar-refractivity contribution >= 4 is 28.6 Å². The molecule has 4 rings (SSSR count). The molecule has 1 N–H and O–H groups in total. The number of hydrogen-bond donors (Lipinski definition) is 1. The number of amides is 1. The van der Waals surface area contributed by atoms with Gasteiger partial charge >= 0.3 is 6.61 Å². The molecular formula is C23H19F2N3O4S. The molecule has 4 aromatic rings. The van der Waals surface area contributed by atoms with Crippen LogP contribution in [0.2, 0.25) is 0 Å². The van der Waals surface area contributed by atoms with E-state index >= 15 is 0 Å². The van der Waals surface area contributed by atoms with Crippen molar-refractivity contribution in [2.75, 3.05) is 0 Å². The highest BCUT2D eigenvalue weighted by Gasteiger charge is 2.20. The zero-order chi connectivity index (χ0) is 23.4. The van der Waals surface area contributed by atoms with Crippen molar-refractivity contribution in [1.82, 2.24) is 14.9 Å². The van der Waals surface area contributed by atoms with Crippen molar-refractivity contribution in [1.29, 1.82) is 0 Å². The summed E-state index contributed by atoms with van der Waals surface area (Å²) in [6.45, 7) is -1.01. The molecule has 0 radical (unpaired) electrons. The van der Waals surface area contributed by atoms with E-state index in [9.17, 15) is 18.4 Å². The SMILES string of the molecule is CC(Sc1nc2ccccc2c(=O)n1-c1ccc(OC(F)F)cc1)C(=O)NCc1ccco1. The fraction of sp³-hybridized carbons (Fsp3) is 0.174. The molecule has 0 bridgehead atoms. The van der Waals surface area contributed by atoms with Crippen molar-refractivity contribution in [3.63, 3.8) is 0 Å². The van der Waals surface area contributed by atoms with Gasteiger partial charge in [-0.2, -0.15) is 8.78 Å². The molecular weight excluding hydrogens is 452 g/mol. The fourth-order valence-electron chi connectivity index (χ4n) is 3.14. The first-order valence-electron chi connectivity index (χ1n) is 9.96. The van der Waals surface area contributed by atoms with Crippen LogP contribution in [0.3, 0.4) is 0 Å². The van der Waals surface area contributed by atoms with Crippen molar-refractivity contribution in [2.24, 2.45) is 0 Å². The van der Waals surface area contributed by atoms with E-state index in [0.29, 0.717) is 27.5 Å². The number of aromatic nitrogens is 2. The molecule has 1 unspecified atom stereocenters. The molecule has 0 aliphatic heterocycles. The lowest BCUT2D eigenvalue weighted by atomic mass is 10.2. The maximum absolute atomic E-state index is 13.3. The predicted octanol–water partition coefficient (Wildman–Crippen LogP) is 4.38. The van der Waals surface area contributed by atoms with Gasteiger partial charge in [-0.3, -0.25) is 14.2 Å². The second-order valence-electron chi connectivity index (χ2n) is 6.98. The van der Waals surface area contributed by atoms with Crippen LogP contribution in [0.4, 0.5) is 8.78 Å². The van der Waals surface area contributed by atoms with Gasteiger partial charge in [-0.25, -0.2) is 4.98 Å². The van der Waals surface area contributed by atoms with Gasteiger partial charge in [0, 0.05) is 0 Å². The Hall–Kier alpha value is -3.66. The molecule has 170 valence electrons. The van der Waals surface area contributed by atoms with E-state index in [0.717, 1.165) is 11.8 Å². The second kappa shape index (κ2) is 9.86. The summed E-state index contributed by atoms with van der Waals surface area (Å²) in [6.07, 6.45) is 1.52. The summed E-state index contributed by atoms with van der Waals surface area (Å²) >= 11 is 1.11. The number of halogens is 2. The van der Waals surface area contributed by atoms with E-state index < -0.39 is 11.9 Å². The molecule has 0 spiro atoms. The lowest BCUT2D eigenvalue weighted by Crippen LogP contribution is -2.31. The monoisotopic (exact) mass is 471 g/mol. The van der Waals surface area contributed by atoms with Crippen molar-refractivity contribution < 1.29 is 22.7 Å². The summed E-state index contributed by atoms with van der Waals surface area (Å²) in [5, 5.41) is 2.89. The molecule has 2 aromatic heterocycles. The smallest absolute Gasteiger partial charge is 0.387 e. The summed E-state index contributed by atoms with van der Waals surface area (Å²) in [5.41, 5.74) is 0.557. The largest absolute Gasteiger partial charge is 0.467 e. The quantitative estimate of drug-likeness (QED) is 0.303. The predicted molar refractivity (Wildman–Crippen MR) is 120 cm³/mol. The third-order valence-corrected chi connectivity index (χ3v) is 5.79. The zero-order valence-corrected chi connectivity index (χ0v) is 18.2. The molecule has 1 amide bonds. The Morgan fingerprint density at radius 3 is 2.61 bits per heavy atom. The molecule has 33 heavy (non-hydrogen) atoms. The van der Waals surface area contributed by atoms with Gasteiger partial charge in [-0.1, -0.05) is 23.9 Å². The Morgan fingerprint density at radius 1 is 1.15 bits per heavy atom. The third-order valence-electron chi connectivity index (χ3n) is 4.73. The number of nitrogens with one attached hydrogen (secondary N) is 1. The molecule has 1 atom stereocenters. The minimum Gasteiger partial charge on any atom is -0.467 e. The van der Waals surface area contributed by atoms with Gasteiger partial charge in [0.25, 0.3) is 5.56 Å². The van der Waals surface area contributed by atoms with Crippen LogP contribution >= 0.6 is 11.8 Å². The average molecular weight is 471 g/mol. The fourth-order valence-corrected chi connectivity index (χ4v) is 4.09. The molecule has 2 heterocycles. The Kier molecular flexibility index (Phi) is 6.74. The Balaban J connectivity index is 1.66. The minimum atomic E-state index is -2.95. The van der Waals surface area contributed by atoms with Crippen molar-refractivity contribution in [3.05, 3.63) is 83.0 Å². The van der Waals surface area contributed by atoms with Crippen molar-refractivity contribution in [2.45, 2.75) is 30.5 Å². The number of para-hydroxylation sites is 1. The number of thioether (sulfide) groups is 1. The Bertz CT molecular complexity index is 1310. The zero-order valence-electron chi connectivity index (χ0n) is 17.4. The Morgan fingerprint density at radius 2 is 1.91 bits per heavy atom. The summed E-state index contributed by atoms with van der Waals surface area (Å²) < 4.78 is 35.9. The maximum atomic E-state index is 13.3. The van der Waals surface area contributed by atoms with Crippen LogP contribution in [0, 0.1) is 0 Å². The molecule has 0 aliphatic carbocycles. The highest BCUT2D eigenvalue weighted by molar-refractivity contribution is 8.00. The number of alkyl halides is 2. The van der Waals surface area contributed by atoms with Crippen LogP contribution in [0.15, 0.2) is 81.3 Å². The number of nitrogens with zero attached hydrogens (tertiary/aromatic N) is 2. The van der Waals surface area contributed by atoms with Crippen LogP contribution in [0.5, 0.6) is 5.75 Å². The Labute approximate surface area is 191 Å². The molecule has 2 aromatic carbocycles. The van der Waals surface area contributed by atoms with Crippen LogP contribution in [-0.4, -0.2) is 27.3 Å². The van der Waals surface area contributed by atoms with Crippen molar-refractivity contribution in [3.8, 4) is 11.4 Å². The van der Waals surface area contributed by atoms with E-state index in [1.165, 1.54) is 35.1 Å². The third kappa shape index (κ3) is 5.23. The van der Waals surface area contributed by atoms with Gasteiger partial charge < -0.3 is 14.5 Å². The normalized spacial score (nSPS) is 12.1. The van der Waals surface area contributed by atoms with Gasteiger partial charge in [-0.15, -0.1) is 0 Å². The van der Waals surface area contributed by atoms with Crippen LogP contribution in [-0.2, 0) is 11.3 Å². The van der Waals surface area contributed by atoms with E-state index in [1.54, 1.807) is 43.3 Å². The first-order valence-corrected chi connectivity index (χ1v) is 10.8. The summed E-state index contributed by atoms with van der Waals surface area (Å²) in [7, 11) is 0. The molecule has 0 saturated carbocycles. The highest BCUT2D eigenvalue weighted by Crippen LogP contribution is 2.26. The highest BCUT2D eigenvalue weighted by atomic mass is 32.2. The number of rotatable bonds is 8. The summed E-state index contributed by atoms with van der Waals surface area (Å²) in [5.74, 6) is 0.328. The number of fused-ring (bicyclic) bond motifs is 1. The van der Waals surface area contributed by atoms with Gasteiger partial charge in [-0.05, 0) is 55.5 Å². The maximum Gasteiger partial charge on any atom is 0.387 e. The minimum absolute atomic E-state index is 0.0320. The molecule has 0 saturated heterocycles. The van der Waals surface area contributed by atoms with Gasteiger partial charge in [0.15, 0.2) is 5.16 Å². The summed E-state index contributed by atoms with van der Waals surface area (Å²) in [4.78, 5) is 30.5. The summed E-state index contributed by atoms with van der Waals surface area (Å²) in [6, 6.07) is 16.0. The number of ether oxygens (including phenoxy) is 1.